The fourth-order valence-corrected chi connectivity index (χ4v) is 3.28. The molecule has 7 heteroatoms. The maximum Gasteiger partial charge on any atom is 0.257 e. The molecule has 0 unspecified atom stereocenters. The van der Waals surface area contributed by atoms with Crippen molar-refractivity contribution >= 4 is 45.6 Å². The third-order valence-corrected chi connectivity index (χ3v) is 4.68. The van der Waals surface area contributed by atoms with Gasteiger partial charge in [-0.3, -0.25) is 10.1 Å². The third-order valence-electron chi connectivity index (χ3n) is 3.36. The number of nitrogens with zero attached hydrogens (tertiary/aromatic N) is 1. The maximum absolute atomic E-state index is 12.3. The molecule has 1 amide bonds. The van der Waals surface area contributed by atoms with Crippen LogP contribution in [0.25, 0.3) is 11.3 Å². The number of aromatic nitrogens is 1. The van der Waals surface area contributed by atoms with Gasteiger partial charge in [-0.15, -0.1) is 11.3 Å². The number of benzene rings is 2. The van der Waals surface area contributed by atoms with Gasteiger partial charge >= 0.3 is 0 Å². The molecule has 0 radical (unpaired) electrons. The topological polar surface area (TPSA) is 51.2 Å². The predicted molar refractivity (Wildman–Crippen MR) is 103 cm³/mol. The second-order valence-electron chi connectivity index (χ2n) is 5.07. The fraction of sp³-hybridized carbons (Fsp3) is 0.111. The Hall–Kier alpha value is -2.08. The lowest BCUT2D eigenvalue weighted by Crippen LogP contribution is -2.11. The van der Waals surface area contributed by atoms with Crippen LogP contribution in [0, 0.1) is 0 Å². The molecule has 1 aromatic heterocycles. The standard InChI is InChI=1S/C18H14Cl2N2O2S/c1-2-24-13-6-3-11(4-7-13)17(23)22-18-21-16(10-25-18)14-9-12(19)5-8-15(14)20/h3-10H,2H2,1H3,(H,21,22,23). The second kappa shape index (κ2) is 7.87. The van der Waals surface area contributed by atoms with Gasteiger partial charge in [-0.25, -0.2) is 4.98 Å². The molecule has 0 saturated carbocycles. The lowest BCUT2D eigenvalue weighted by molar-refractivity contribution is 0.102. The molecule has 128 valence electrons. The Labute approximate surface area is 159 Å². The lowest BCUT2D eigenvalue weighted by Gasteiger charge is -2.05. The number of amides is 1. The van der Waals surface area contributed by atoms with Crippen LogP contribution in [0.5, 0.6) is 5.75 Å². The van der Waals surface area contributed by atoms with Crippen molar-refractivity contribution in [2.24, 2.45) is 0 Å². The van der Waals surface area contributed by atoms with Crippen molar-refractivity contribution < 1.29 is 9.53 Å². The van der Waals surface area contributed by atoms with E-state index < -0.39 is 0 Å². The number of anilines is 1. The summed E-state index contributed by atoms with van der Waals surface area (Å²) in [5, 5.41) is 6.23. The molecule has 0 bridgehead atoms. The molecule has 0 aliphatic rings. The van der Waals surface area contributed by atoms with Crippen LogP contribution in [0.4, 0.5) is 5.13 Å². The molecule has 1 N–H and O–H groups in total. The van der Waals surface area contributed by atoms with Gasteiger partial charge in [0.2, 0.25) is 0 Å². The van der Waals surface area contributed by atoms with Gasteiger partial charge in [-0.05, 0) is 49.4 Å². The quantitative estimate of drug-likeness (QED) is 0.599. The second-order valence-corrected chi connectivity index (χ2v) is 6.78. The van der Waals surface area contributed by atoms with Crippen LogP contribution in [-0.4, -0.2) is 17.5 Å². The monoisotopic (exact) mass is 392 g/mol. The number of carbonyl (C=O) groups is 1. The first-order valence-corrected chi connectivity index (χ1v) is 9.15. The molecule has 0 aliphatic heterocycles. The van der Waals surface area contributed by atoms with Gasteiger partial charge in [0.1, 0.15) is 5.75 Å². The summed E-state index contributed by atoms with van der Waals surface area (Å²) in [7, 11) is 0. The summed E-state index contributed by atoms with van der Waals surface area (Å²) in [5.41, 5.74) is 1.92. The molecular weight excluding hydrogens is 379 g/mol. The van der Waals surface area contributed by atoms with Gasteiger partial charge in [0.25, 0.3) is 5.91 Å². The van der Waals surface area contributed by atoms with E-state index >= 15 is 0 Å². The highest BCUT2D eigenvalue weighted by atomic mass is 35.5. The maximum atomic E-state index is 12.3. The van der Waals surface area contributed by atoms with Crippen molar-refractivity contribution in [3.05, 3.63) is 63.5 Å². The Morgan fingerprint density at radius 1 is 1.20 bits per heavy atom. The van der Waals surface area contributed by atoms with Crippen LogP contribution < -0.4 is 10.1 Å². The minimum Gasteiger partial charge on any atom is -0.494 e. The summed E-state index contributed by atoms with van der Waals surface area (Å²) in [5.74, 6) is 0.493. The number of rotatable bonds is 5. The van der Waals surface area contributed by atoms with E-state index in [1.807, 2.05) is 12.3 Å². The summed E-state index contributed by atoms with van der Waals surface area (Å²) >= 11 is 13.5. The third kappa shape index (κ3) is 4.31. The highest BCUT2D eigenvalue weighted by molar-refractivity contribution is 7.14. The summed E-state index contributed by atoms with van der Waals surface area (Å²) in [4.78, 5) is 16.7. The van der Waals surface area contributed by atoms with E-state index in [1.54, 1.807) is 42.5 Å². The fourth-order valence-electron chi connectivity index (χ4n) is 2.19. The molecule has 2 aromatic carbocycles. The lowest BCUT2D eigenvalue weighted by atomic mass is 10.2. The van der Waals surface area contributed by atoms with Crippen LogP contribution >= 0.6 is 34.5 Å². The van der Waals surface area contributed by atoms with E-state index in [9.17, 15) is 4.79 Å². The summed E-state index contributed by atoms with van der Waals surface area (Å²) in [6, 6.07) is 12.1. The summed E-state index contributed by atoms with van der Waals surface area (Å²) < 4.78 is 5.37. The Morgan fingerprint density at radius 2 is 1.96 bits per heavy atom. The van der Waals surface area contributed by atoms with Crippen molar-refractivity contribution in [2.45, 2.75) is 6.92 Å². The summed E-state index contributed by atoms with van der Waals surface area (Å²) in [6.45, 7) is 2.49. The molecule has 3 aromatic rings. The molecule has 4 nitrogen and oxygen atoms in total. The molecule has 0 saturated heterocycles. The normalized spacial score (nSPS) is 10.5. The van der Waals surface area contributed by atoms with Gasteiger partial charge in [0.15, 0.2) is 5.13 Å². The average molecular weight is 393 g/mol. The van der Waals surface area contributed by atoms with Gasteiger partial charge in [0.05, 0.1) is 17.3 Å². The highest BCUT2D eigenvalue weighted by Crippen LogP contribution is 2.32. The van der Waals surface area contributed by atoms with E-state index in [2.05, 4.69) is 10.3 Å². The van der Waals surface area contributed by atoms with Crippen LogP contribution in [0.15, 0.2) is 47.8 Å². The molecule has 25 heavy (non-hydrogen) atoms. The average Bonchev–Trinajstić information content (AvgIpc) is 3.06. The van der Waals surface area contributed by atoms with Gasteiger partial charge in [-0.1, -0.05) is 23.2 Å². The number of nitrogens with one attached hydrogen (secondary N) is 1. The van der Waals surface area contributed by atoms with Crippen LogP contribution in [0.1, 0.15) is 17.3 Å². The first kappa shape index (κ1) is 17.7. The van der Waals surface area contributed by atoms with Crippen LogP contribution in [0.3, 0.4) is 0 Å². The number of ether oxygens (including phenoxy) is 1. The van der Waals surface area contributed by atoms with E-state index in [1.165, 1.54) is 11.3 Å². The molecule has 1 heterocycles. The van der Waals surface area contributed by atoms with Gasteiger partial charge in [-0.2, -0.15) is 0 Å². The van der Waals surface area contributed by atoms with E-state index in [4.69, 9.17) is 27.9 Å². The first-order valence-electron chi connectivity index (χ1n) is 7.52. The van der Waals surface area contributed by atoms with E-state index in [0.29, 0.717) is 33.0 Å². The SMILES string of the molecule is CCOc1ccc(C(=O)Nc2nc(-c3cc(Cl)ccc3Cl)cs2)cc1. The Morgan fingerprint density at radius 3 is 2.68 bits per heavy atom. The molecule has 3 rings (SSSR count). The van der Waals surface area contributed by atoms with Crippen molar-refractivity contribution in [3.8, 4) is 17.0 Å². The zero-order valence-electron chi connectivity index (χ0n) is 13.3. The minimum absolute atomic E-state index is 0.235. The molecule has 0 fully saturated rings. The van der Waals surface area contributed by atoms with Gasteiger partial charge in [0, 0.05) is 21.5 Å². The smallest absolute Gasteiger partial charge is 0.257 e. The van der Waals surface area contributed by atoms with Crippen LogP contribution in [-0.2, 0) is 0 Å². The predicted octanol–water partition coefficient (Wildman–Crippen LogP) is 5.77. The number of carbonyl (C=O) groups excluding carboxylic acids is 1. The van der Waals surface area contributed by atoms with Crippen molar-refractivity contribution in [1.82, 2.24) is 4.98 Å². The summed E-state index contributed by atoms with van der Waals surface area (Å²) in [6.07, 6.45) is 0. The Bertz CT molecular complexity index is 894. The number of hydrogen-bond acceptors (Lipinski definition) is 4. The van der Waals surface area contributed by atoms with Crippen LogP contribution in [0.2, 0.25) is 10.0 Å². The Kier molecular flexibility index (Phi) is 5.58. The number of thiazole rings is 1. The molecule has 0 atom stereocenters. The number of halogens is 2. The molecule has 0 spiro atoms. The zero-order chi connectivity index (χ0) is 17.8. The first-order chi connectivity index (χ1) is 12.1. The minimum atomic E-state index is -0.235. The van der Waals surface area contributed by atoms with E-state index in [0.717, 1.165) is 11.3 Å². The van der Waals surface area contributed by atoms with Crippen molar-refractivity contribution in [2.75, 3.05) is 11.9 Å². The molecular formula is C18H14Cl2N2O2S. The number of hydrogen-bond donors (Lipinski definition) is 1. The molecule has 0 aliphatic carbocycles. The van der Waals surface area contributed by atoms with Crippen molar-refractivity contribution in [1.29, 1.82) is 0 Å². The largest absolute Gasteiger partial charge is 0.494 e. The zero-order valence-corrected chi connectivity index (χ0v) is 15.6. The van der Waals surface area contributed by atoms with Gasteiger partial charge < -0.3 is 4.74 Å². The van der Waals surface area contributed by atoms with E-state index in [-0.39, 0.29) is 5.91 Å². The highest BCUT2D eigenvalue weighted by Gasteiger charge is 2.12. The Balaban J connectivity index is 1.74. The van der Waals surface area contributed by atoms with Crippen molar-refractivity contribution in [3.63, 3.8) is 0 Å².